The molecule has 2 N–H and O–H groups in total. The molecule has 4 aromatic rings. The Bertz CT molecular complexity index is 1720. The van der Waals surface area contributed by atoms with Crippen LogP contribution in [0.15, 0.2) is 66.9 Å². The summed E-state index contributed by atoms with van der Waals surface area (Å²) < 4.78 is 69.7. The molecule has 0 spiro atoms. The minimum atomic E-state index is -4.93. The monoisotopic (exact) mass is 632 g/mol. The number of hydrogen-bond acceptors (Lipinski definition) is 4. The maximum atomic E-state index is 14.3. The zero-order valence-corrected chi connectivity index (χ0v) is 24.4. The minimum absolute atomic E-state index is 0.0856. The summed E-state index contributed by atoms with van der Waals surface area (Å²) in [4.78, 5) is 43.4. The first-order valence-corrected chi connectivity index (χ1v) is 13.6. The van der Waals surface area contributed by atoms with Gasteiger partial charge in [0.2, 0.25) is 0 Å². The molecule has 0 aliphatic rings. The van der Waals surface area contributed by atoms with E-state index < -0.39 is 52.7 Å². The lowest BCUT2D eigenvalue weighted by Gasteiger charge is -2.21. The molecular weight excluding hydrogens is 607 g/mol. The number of alkyl halides is 3. The summed E-state index contributed by atoms with van der Waals surface area (Å²) in [5.41, 5.74) is -1.30. The number of carbonyl (C=O) groups excluding carboxylic acids is 3. The number of amides is 2. The van der Waals surface area contributed by atoms with Gasteiger partial charge < -0.3 is 15.2 Å². The predicted octanol–water partition coefficient (Wildman–Crippen LogP) is 7.32. The number of nitrogens with one attached hydrogen (secondary N) is 2. The van der Waals surface area contributed by atoms with Crippen molar-refractivity contribution >= 4 is 34.9 Å². The van der Waals surface area contributed by atoms with E-state index in [0.29, 0.717) is 17.8 Å². The van der Waals surface area contributed by atoms with Crippen LogP contribution >= 0.6 is 11.6 Å². The van der Waals surface area contributed by atoms with Crippen LogP contribution in [0, 0.1) is 11.6 Å². The number of nitrogens with zero attached hydrogens (tertiary/aromatic N) is 2. The molecule has 0 aliphatic carbocycles. The Labute approximate surface area is 254 Å². The average Bonchev–Trinajstić information content (AvgIpc) is 3.30. The third-order valence-electron chi connectivity index (χ3n) is 6.80. The second kappa shape index (κ2) is 13.0. The third kappa shape index (κ3) is 7.31. The maximum Gasteiger partial charge on any atom is 0.416 e. The molecule has 0 unspecified atom stereocenters. The predicted molar refractivity (Wildman–Crippen MR) is 154 cm³/mol. The van der Waals surface area contributed by atoms with Crippen LogP contribution in [-0.2, 0) is 17.5 Å². The summed E-state index contributed by atoms with van der Waals surface area (Å²) in [5, 5.41) is 5.37. The number of pyridine rings is 1. The van der Waals surface area contributed by atoms with Crippen molar-refractivity contribution in [3.63, 3.8) is 0 Å². The fourth-order valence-electron chi connectivity index (χ4n) is 4.76. The smallest absolute Gasteiger partial charge is 0.343 e. The second-order valence-electron chi connectivity index (χ2n) is 10.1. The van der Waals surface area contributed by atoms with E-state index in [1.807, 2.05) is 0 Å². The lowest BCUT2D eigenvalue weighted by atomic mass is 9.96. The second-order valence-corrected chi connectivity index (χ2v) is 10.5. The molecule has 0 saturated carbocycles. The Balaban J connectivity index is 1.85. The number of anilines is 1. The summed E-state index contributed by atoms with van der Waals surface area (Å²) in [7, 11) is 0. The highest BCUT2D eigenvalue weighted by molar-refractivity contribution is 6.31. The molecule has 230 valence electrons. The van der Waals surface area contributed by atoms with Crippen molar-refractivity contribution in [3.05, 3.63) is 117 Å². The summed E-state index contributed by atoms with van der Waals surface area (Å²) >= 11 is 6.37. The Kier molecular flexibility index (Phi) is 9.53. The molecule has 2 aromatic carbocycles. The van der Waals surface area contributed by atoms with Gasteiger partial charge in [0.25, 0.3) is 11.8 Å². The highest BCUT2D eigenvalue weighted by atomic mass is 35.5. The van der Waals surface area contributed by atoms with Crippen LogP contribution in [0.2, 0.25) is 5.02 Å². The lowest BCUT2D eigenvalue weighted by Crippen LogP contribution is -2.30. The Morgan fingerprint density at radius 2 is 1.68 bits per heavy atom. The molecule has 0 fully saturated rings. The van der Waals surface area contributed by atoms with Crippen LogP contribution in [0.5, 0.6) is 0 Å². The van der Waals surface area contributed by atoms with Crippen LogP contribution in [-0.4, -0.2) is 27.1 Å². The highest BCUT2D eigenvalue weighted by Gasteiger charge is 2.33. The molecule has 4 rings (SSSR count). The molecule has 2 aromatic heterocycles. The molecule has 2 amide bonds. The van der Waals surface area contributed by atoms with E-state index in [1.54, 1.807) is 38.2 Å². The molecule has 0 aliphatic heterocycles. The number of aromatic nitrogens is 2. The zero-order valence-electron chi connectivity index (χ0n) is 23.6. The van der Waals surface area contributed by atoms with Crippen LogP contribution < -0.4 is 10.6 Å². The molecule has 2 atom stereocenters. The standard InChI is InChI=1S/C31H26ClF5N4O3/c1-16(42)15-41-27(30(44)39-18(3)25-6-4-5-9-38-25)14-26(28(41)17(2)23-13-21(33)7-8-24(23)32)40-29(43)19-10-20(31(35,36)37)12-22(34)11-19/h4-14,17-18H,15H2,1-3H3,(H,39,44)(H,40,43)/t17-,18-/m1/s1. The molecule has 2 heterocycles. The van der Waals surface area contributed by atoms with Gasteiger partial charge in [-0.05, 0) is 74.0 Å². The van der Waals surface area contributed by atoms with Crippen molar-refractivity contribution in [2.24, 2.45) is 0 Å². The van der Waals surface area contributed by atoms with E-state index in [1.165, 1.54) is 23.6 Å². The van der Waals surface area contributed by atoms with Crippen molar-refractivity contribution in [1.29, 1.82) is 0 Å². The van der Waals surface area contributed by atoms with Gasteiger partial charge in [0.05, 0.1) is 29.5 Å². The fourth-order valence-corrected chi connectivity index (χ4v) is 5.04. The molecule has 0 bridgehead atoms. The van der Waals surface area contributed by atoms with E-state index in [-0.39, 0.29) is 46.1 Å². The van der Waals surface area contributed by atoms with Gasteiger partial charge in [-0.2, -0.15) is 13.2 Å². The SMILES string of the molecule is CC(=O)Cn1c(C(=O)N[C@H](C)c2ccccn2)cc(NC(=O)c2cc(F)cc(C(F)(F)F)c2)c1[C@H](C)c1cc(F)ccc1Cl. The van der Waals surface area contributed by atoms with Gasteiger partial charge in [-0.15, -0.1) is 0 Å². The molecular formula is C31H26ClF5N4O3. The Hall–Kier alpha value is -4.58. The van der Waals surface area contributed by atoms with Crippen molar-refractivity contribution in [2.45, 2.75) is 45.5 Å². The molecule has 44 heavy (non-hydrogen) atoms. The van der Waals surface area contributed by atoms with Crippen molar-refractivity contribution in [2.75, 3.05) is 5.32 Å². The van der Waals surface area contributed by atoms with Crippen LogP contribution in [0.25, 0.3) is 0 Å². The first kappa shape index (κ1) is 32.3. The van der Waals surface area contributed by atoms with Gasteiger partial charge in [0.1, 0.15) is 23.1 Å². The number of benzene rings is 2. The number of carbonyl (C=O) groups is 3. The number of halogens is 6. The first-order chi connectivity index (χ1) is 20.6. The topological polar surface area (TPSA) is 93.1 Å². The van der Waals surface area contributed by atoms with E-state index in [2.05, 4.69) is 15.6 Å². The van der Waals surface area contributed by atoms with Crippen molar-refractivity contribution < 1.29 is 36.3 Å². The summed E-state index contributed by atoms with van der Waals surface area (Å²) in [6, 6.07) is 10.7. The molecule has 0 radical (unpaired) electrons. The Morgan fingerprint density at radius 1 is 0.955 bits per heavy atom. The van der Waals surface area contributed by atoms with Gasteiger partial charge >= 0.3 is 6.18 Å². The molecule has 0 saturated heterocycles. The highest BCUT2D eigenvalue weighted by Crippen LogP contribution is 2.37. The fraction of sp³-hybridized carbons (Fsp3) is 0.226. The molecule has 13 heteroatoms. The first-order valence-electron chi connectivity index (χ1n) is 13.2. The van der Waals surface area contributed by atoms with Crippen LogP contribution in [0.3, 0.4) is 0 Å². The normalized spacial score (nSPS) is 12.8. The van der Waals surface area contributed by atoms with E-state index in [4.69, 9.17) is 11.6 Å². The minimum Gasteiger partial charge on any atom is -0.343 e. The van der Waals surface area contributed by atoms with Crippen LogP contribution in [0.1, 0.15) is 76.1 Å². The number of Topliss-reactive ketones (excluding diaryl/α,β-unsaturated/α-hetero) is 1. The number of rotatable bonds is 9. The number of ketones is 1. The van der Waals surface area contributed by atoms with Crippen LogP contribution in [0.4, 0.5) is 27.6 Å². The van der Waals surface area contributed by atoms with Gasteiger partial charge in [-0.25, -0.2) is 8.78 Å². The lowest BCUT2D eigenvalue weighted by molar-refractivity contribution is -0.137. The van der Waals surface area contributed by atoms with Gasteiger partial charge in [0.15, 0.2) is 0 Å². The van der Waals surface area contributed by atoms with Crippen molar-refractivity contribution in [1.82, 2.24) is 14.9 Å². The zero-order chi connectivity index (χ0) is 32.3. The average molecular weight is 633 g/mol. The maximum absolute atomic E-state index is 14.3. The van der Waals surface area contributed by atoms with Gasteiger partial charge in [0, 0.05) is 28.4 Å². The Morgan fingerprint density at radius 3 is 2.32 bits per heavy atom. The number of hydrogen-bond donors (Lipinski definition) is 2. The van der Waals surface area contributed by atoms with E-state index in [9.17, 15) is 36.3 Å². The van der Waals surface area contributed by atoms with Gasteiger partial charge in [-0.3, -0.25) is 19.4 Å². The summed E-state index contributed by atoms with van der Waals surface area (Å²) in [6.07, 6.45) is -3.38. The van der Waals surface area contributed by atoms with E-state index >= 15 is 0 Å². The molecule has 7 nitrogen and oxygen atoms in total. The third-order valence-corrected chi connectivity index (χ3v) is 7.15. The summed E-state index contributed by atoms with van der Waals surface area (Å²) in [5.74, 6) is -4.96. The van der Waals surface area contributed by atoms with Crippen molar-refractivity contribution in [3.8, 4) is 0 Å². The quantitative estimate of drug-likeness (QED) is 0.189. The van der Waals surface area contributed by atoms with E-state index in [0.717, 1.165) is 12.1 Å². The largest absolute Gasteiger partial charge is 0.416 e. The summed E-state index contributed by atoms with van der Waals surface area (Å²) in [6.45, 7) is 4.18. The van der Waals surface area contributed by atoms with Gasteiger partial charge in [-0.1, -0.05) is 24.6 Å².